The van der Waals surface area contributed by atoms with Crippen LogP contribution in [0.2, 0.25) is 0 Å². The van der Waals surface area contributed by atoms with Crippen LogP contribution >= 0.6 is 0 Å². The van der Waals surface area contributed by atoms with Crippen molar-refractivity contribution in [3.05, 3.63) is 81.8 Å². The monoisotopic (exact) mass is 411 g/mol. The number of nitrogens with one attached hydrogen (secondary N) is 1. The maximum atomic E-state index is 13.3. The molecule has 1 heterocycles. The minimum absolute atomic E-state index is 0.00606. The lowest BCUT2D eigenvalue weighted by atomic mass is 10.2. The number of amides is 1. The van der Waals surface area contributed by atoms with E-state index in [0.717, 1.165) is 0 Å². The Kier molecular flexibility index (Phi) is 6.46. The van der Waals surface area contributed by atoms with Crippen molar-refractivity contribution in [3.8, 4) is 11.5 Å². The number of rotatable bonds is 7. The van der Waals surface area contributed by atoms with Crippen molar-refractivity contribution in [2.24, 2.45) is 0 Å². The van der Waals surface area contributed by atoms with Crippen LogP contribution in [0.5, 0.6) is 11.5 Å². The summed E-state index contributed by atoms with van der Waals surface area (Å²) in [4.78, 5) is 29.3. The number of methoxy groups -OCH3 is 1. The van der Waals surface area contributed by atoms with Gasteiger partial charge in [-0.25, -0.2) is 9.37 Å². The summed E-state index contributed by atoms with van der Waals surface area (Å²) < 4.78 is 25.3. The summed E-state index contributed by atoms with van der Waals surface area (Å²) in [6.07, 6.45) is 0. The minimum atomic E-state index is -0.428. The lowest BCUT2D eigenvalue weighted by Crippen LogP contribution is -2.31. The topological polar surface area (TPSA) is 82.5 Å². The number of nitrogens with zero attached hydrogens (tertiary/aromatic N) is 2. The van der Waals surface area contributed by atoms with Gasteiger partial charge in [0.25, 0.3) is 5.56 Å². The molecule has 0 aliphatic heterocycles. The molecular formula is C22H22FN3O4. The quantitative estimate of drug-likeness (QED) is 0.646. The van der Waals surface area contributed by atoms with Crippen LogP contribution in [-0.4, -0.2) is 22.6 Å². The van der Waals surface area contributed by atoms with Crippen molar-refractivity contribution in [1.82, 2.24) is 9.55 Å². The molecule has 7 nitrogen and oxygen atoms in total. The lowest BCUT2D eigenvalue weighted by Gasteiger charge is -2.14. The molecule has 0 bridgehead atoms. The first-order chi connectivity index (χ1) is 14.4. The molecule has 3 aromatic rings. The number of ether oxygens (including phenoxy) is 2. The van der Waals surface area contributed by atoms with Gasteiger partial charge in [0.15, 0.2) is 0 Å². The number of hydrogen-bond acceptors (Lipinski definition) is 5. The average Bonchev–Trinajstić information content (AvgIpc) is 2.71. The predicted octanol–water partition coefficient (Wildman–Crippen LogP) is 3.23. The maximum absolute atomic E-state index is 13.3. The van der Waals surface area contributed by atoms with E-state index >= 15 is 0 Å². The fraction of sp³-hybridized carbons (Fsp3) is 0.227. The van der Waals surface area contributed by atoms with Crippen LogP contribution in [0.15, 0.2) is 53.3 Å². The zero-order valence-electron chi connectivity index (χ0n) is 16.9. The average molecular weight is 411 g/mol. The minimum Gasteiger partial charge on any atom is -0.497 e. The highest BCUT2D eigenvalue weighted by molar-refractivity contribution is 5.91. The Balaban J connectivity index is 1.76. The zero-order valence-corrected chi connectivity index (χ0v) is 16.9. The molecule has 1 amide bonds. The SMILES string of the molecule is COc1ccc(OCc2nc(C)cc(=O)n2CC(=O)Nc2ccc(F)cc2C)cc1. The third-order valence-corrected chi connectivity index (χ3v) is 4.41. The molecule has 2 aromatic carbocycles. The Hall–Kier alpha value is -3.68. The van der Waals surface area contributed by atoms with Crippen LogP contribution in [-0.2, 0) is 17.9 Å². The Morgan fingerprint density at radius 2 is 1.80 bits per heavy atom. The smallest absolute Gasteiger partial charge is 0.254 e. The van der Waals surface area contributed by atoms with Gasteiger partial charge in [0, 0.05) is 17.4 Å². The van der Waals surface area contributed by atoms with Crippen molar-refractivity contribution in [2.45, 2.75) is 27.0 Å². The normalized spacial score (nSPS) is 10.5. The highest BCUT2D eigenvalue weighted by Crippen LogP contribution is 2.18. The largest absolute Gasteiger partial charge is 0.497 e. The molecule has 0 fully saturated rings. The van der Waals surface area contributed by atoms with Crippen molar-refractivity contribution in [2.75, 3.05) is 12.4 Å². The molecule has 0 saturated carbocycles. The molecule has 30 heavy (non-hydrogen) atoms. The Bertz CT molecular complexity index is 1110. The van der Waals surface area contributed by atoms with Crippen molar-refractivity contribution in [3.63, 3.8) is 0 Å². The molecule has 0 radical (unpaired) electrons. The highest BCUT2D eigenvalue weighted by atomic mass is 19.1. The Labute approximate surface area is 173 Å². The van der Waals surface area contributed by atoms with E-state index < -0.39 is 5.91 Å². The van der Waals surface area contributed by atoms with E-state index in [4.69, 9.17) is 9.47 Å². The van der Waals surface area contributed by atoms with Gasteiger partial charge in [-0.3, -0.25) is 14.2 Å². The molecular weight excluding hydrogens is 389 g/mol. The molecule has 156 valence electrons. The van der Waals surface area contributed by atoms with E-state index in [0.29, 0.717) is 34.3 Å². The van der Waals surface area contributed by atoms with Gasteiger partial charge in [-0.15, -0.1) is 0 Å². The summed E-state index contributed by atoms with van der Waals surface area (Å²) in [5.74, 6) is 0.776. The van der Waals surface area contributed by atoms with Crippen LogP contribution in [0.1, 0.15) is 17.1 Å². The first-order valence-electron chi connectivity index (χ1n) is 9.26. The maximum Gasteiger partial charge on any atom is 0.254 e. The summed E-state index contributed by atoms with van der Waals surface area (Å²) >= 11 is 0. The molecule has 0 atom stereocenters. The predicted molar refractivity (Wildman–Crippen MR) is 110 cm³/mol. The third kappa shape index (κ3) is 5.22. The van der Waals surface area contributed by atoms with Crippen LogP contribution in [0.3, 0.4) is 0 Å². The van der Waals surface area contributed by atoms with E-state index in [-0.39, 0.29) is 24.5 Å². The van der Waals surface area contributed by atoms with E-state index in [1.807, 2.05) is 0 Å². The summed E-state index contributed by atoms with van der Waals surface area (Å²) in [7, 11) is 1.57. The summed E-state index contributed by atoms with van der Waals surface area (Å²) in [6, 6.07) is 12.4. The Morgan fingerprint density at radius 3 is 2.47 bits per heavy atom. The molecule has 0 aliphatic carbocycles. The van der Waals surface area contributed by atoms with E-state index in [1.54, 1.807) is 45.2 Å². The van der Waals surface area contributed by atoms with Gasteiger partial charge in [0.05, 0.1) is 7.11 Å². The van der Waals surface area contributed by atoms with Crippen LogP contribution in [0, 0.1) is 19.7 Å². The number of halogens is 1. The van der Waals surface area contributed by atoms with Crippen molar-refractivity contribution >= 4 is 11.6 Å². The van der Waals surface area contributed by atoms with Gasteiger partial charge < -0.3 is 14.8 Å². The molecule has 1 N–H and O–H groups in total. The van der Waals surface area contributed by atoms with E-state index in [1.165, 1.54) is 28.8 Å². The third-order valence-electron chi connectivity index (χ3n) is 4.41. The van der Waals surface area contributed by atoms with Gasteiger partial charge in [0.2, 0.25) is 5.91 Å². The summed E-state index contributed by atoms with van der Waals surface area (Å²) in [6.45, 7) is 3.15. The summed E-state index contributed by atoms with van der Waals surface area (Å²) in [5.41, 5.74) is 1.23. The van der Waals surface area contributed by atoms with Gasteiger partial charge in [-0.1, -0.05) is 0 Å². The molecule has 3 rings (SSSR count). The second-order valence-electron chi connectivity index (χ2n) is 6.71. The van der Waals surface area contributed by atoms with Crippen LogP contribution in [0.4, 0.5) is 10.1 Å². The first-order valence-corrected chi connectivity index (χ1v) is 9.26. The Morgan fingerprint density at radius 1 is 1.10 bits per heavy atom. The van der Waals surface area contributed by atoms with Crippen LogP contribution < -0.4 is 20.3 Å². The fourth-order valence-corrected chi connectivity index (χ4v) is 2.88. The van der Waals surface area contributed by atoms with E-state index in [9.17, 15) is 14.0 Å². The lowest BCUT2D eigenvalue weighted by molar-refractivity contribution is -0.116. The molecule has 1 aromatic heterocycles. The molecule has 0 saturated heterocycles. The van der Waals surface area contributed by atoms with Gasteiger partial charge >= 0.3 is 0 Å². The zero-order chi connectivity index (χ0) is 21.7. The molecule has 0 spiro atoms. The second kappa shape index (κ2) is 9.21. The second-order valence-corrected chi connectivity index (χ2v) is 6.71. The number of carbonyl (C=O) groups is 1. The highest BCUT2D eigenvalue weighted by Gasteiger charge is 2.13. The van der Waals surface area contributed by atoms with Gasteiger partial charge in [0.1, 0.15) is 36.3 Å². The number of aryl methyl sites for hydroxylation is 2. The standard InChI is InChI=1S/C22H22FN3O4/c1-14-10-16(23)4-9-19(14)25-21(27)12-26-20(24-15(2)11-22(26)28)13-30-18-7-5-17(29-3)6-8-18/h4-11H,12-13H2,1-3H3,(H,25,27). The van der Waals surface area contributed by atoms with Crippen molar-refractivity contribution < 1.29 is 18.7 Å². The van der Waals surface area contributed by atoms with Gasteiger partial charge in [-0.05, 0) is 61.9 Å². The van der Waals surface area contributed by atoms with Crippen LogP contribution in [0.25, 0.3) is 0 Å². The van der Waals surface area contributed by atoms with Crippen molar-refractivity contribution in [1.29, 1.82) is 0 Å². The number of aromatic nitrogens is 2. The van der Waals surface area contributed by atoms with Gasteiger partial charge in [-0.2, -0.15) is 0 Å². The first kappa shape index (κ1) is 21.0. The molecule has 0 unspecified atom stereocenters. The summed E-state index contributed by atoms with van der Waals surface area (Å²) in [5, 5.41) is 2.69. The number of benzene rings is 2. The van der Waals surface area contributed by atoms with E-state index in [2.05, 4.69) is 10.3 Å². The number of anilines is 1. The molecule has 0 aliphatic rings. The molecule has 8 heteroatoms. The number of hydrogen-bond donors (Lipinski definition) is 1. The fourth-order valence-electron chi connectivity index (χ4n) is 2.88. The number of carbonyl (C=O) groups excluding carboxylic acids is 1.